The van der Waals surface area contributed by atoms with Gasteiger partial charge in [-0.15, -0.1) is 0 Å². The van der Waals surface area contributed by atoms with Crippen LogP contribution in [0.1, 0.15) is 133 Å². The molecule has 16 aromatic rings. The van der Waals surface area contributed by atoms with Crippen LogP contribution < -0.4 is 22.5 Å². The number of benzene rings is 7. The van der Waals surface area contributed by atoms with Crippen molar-refractivity contribution >= 4 is 84.4 Å². The predicted molar refractivity (Wildman–Crippen MR) is 448 cm³/mol. The van der Waals surface area contributed by atoms with E-state index in [1.165, 1.54) is 4.90 Å². The first-order valence-corrected chi connectivity index (χ1v) is 39.4. The van der Waals surface area contributed by atoms with E-state index in [-0.39, 0.29) is 48.0 Å². The SMILES string of the molecule is CNC(=O)C1CCC(c2nc(-c3ccc4ccc(-c5ccccc5)nc4c3)c3c(N)nccn23)CC1.Nc1nccn2c(C3CCC(CN4C(=O)c5ccccc5C4=O)CC3)nc(-c3ccc4ccc(-c5ccccc5)nc4c3)c12.Nc1nccn2c(C3CCC(CO)CC3)nc(-c3ccc4ccc(-c5ccccc5)nc4c3)c12. The molecule has 0 radical (unpaired) electrons. The number of anilines is 3. The minimum atomic E-state index is -0.180. The number of nitrogens with two attached hydrogens (primary N) is 3. The zero-order valence-electron chi connectivity index (χ0n) is 63.2. The van der Waals surface area contributed by atoms with Crippen LogP contribution in [0.25, 0.3) is 117 Å². The van der Waals surface area contributed by atoms with E-state index in [4.69, 9.17) is 47.1 Å². The van der Waals surface area contributed by atoms with Crippen LogP contribution in [0.4, 0.5) is 17.5 Å². The zero-order chi connectivity index (χ0) is 77.5. The number of aliphatic hydroxyl groups excluding tert-OH is 1. The summed E-state index contributed by atoms with van der Waals surface area (Å²) < 4.78 is 6.28. The van der Waals surface area contributed by atoms with Crippen molar-refractivity contribution in [3.63, 3.8) is 0 Å². The highest BCUT2D eigenvalue weighted by Gasteiger charge is 2.39. The molecule has 8 N–H and O–H groups in total. The zero-order valence-corrected chi connectivity index (χ0v) is 63.2. The van der Waals surface area contributed by atoms with Gasteiger partial charge in [0.15, 0.2) is 0 Å². The smallest absolute Gasteiger partial charge is 0.261 e. The number of imide groups is 1. The van der Waals surface area contributed by atoms with Crippen LogP contribution in [-0.2, 0) is 4.79 Å². The highest BCUT2D eigenvalue weighted by atomic mass is 16.3. The molecule has 3 aliphatic carbocycles. The van der Waals surface area contributed by atoms with Gasteiger partial charge in [-0.05, 0) is 137 Å². The maximum absolute atomic E-state index is 12.9. The number of rotatable bonds is 13. The van der Waals surface area contributed by atoms with E-state index >= 15 is 0 Å². The van der Waals surface area contributed by atoms with Gasteiger partial charge in [0, 0.05) is 131 Å². The largest absolute Gasteiger partial charge is 0.396 e. The van der Waals surface area contributed by atoms with Crippen LogP contribution in [0.2, 0.25) is 0 Å². The summed E-state index contributed by atoms with van der Waals surface area (Å²) in [4.78, 5) is 82.9. The number of fused-ring (bicyclic) bond motifs is 7. The number of nitrogens with one attached hydrogen (secondary N) is 1. The lowest BCUT2D eigenvalue weighted by Gasteiger charge is -2.30. The molecule has 0 unspecified atom stereocenters. The minimum Gasteiger partial charge on any atom is -0.396 e. The molecule has 3 saturated carbocycles. The lowest BCUT2D eigenvalue weighted by atomic mass is 9.81. The summed E-state index contributed by atoms with van der Waals surface area (Å²) in [6.07, 6.45) is 22.3. The fourth-order valence-electron chi connectivity index (χ4n) is 17.5. The molecule has 1 aliphatic heterocycles. The van der Waals surface area contributed by atoms with Crippen LogP contribution in [0.3, 0.4) is 0 Å². The number of imidazole rings is 3. The van der Waals surface area contributed by atoms with E-state index < -0.39 is 0 Å². The first-order chi connectivity index (χ1) is 55.9. The summed E-state index contributed by atoms with van der Waals surface area (Å²) in [7, 11) is 1.71. The van der Waals surface area contributed by atoms with Crippen molar-refractivity contribution in [3.8, 4) is 67.5 Å². The monoisotopic (exact) mass is 1500 g/mol. The lowest BCUT2D eigenvalue weighted by Crippen LogP contribution is -2.35. The first-order valence-electron chi connectivity index (χ1n) is 39.4. The molecule has 9 aromatic heterocycles. The highest BCUT2D eigenvalue weighted by molar-refractivity contribution is 6.21. The van der Waals surface area contributed by atoms with E-state index in [1.807, 2.05) is 79.3 Å². The Bertz CT molecular complexity index is 6280. The van der Waals surface area contributed by atoms with Crippen molar-refractivity contribution < 1.29 is 19.5 Å². The molecule has 0 saturated heterocycles. The van der Waals surface area contributed by atoms with E-state index in [0.717, 1.165) is 211 Å². The van der Waals surface area contributed by atoms with Gasteiger partial charge < -0.3 is 27.6 Å². The van der Waals surface area contributed by atoms with E-state index in [9.17, 15) is 19.5 Å². The third kappa shape index (κ3) is 13.9. The van der Waals surface area contributed by atoms with Gasteiger partial charge in [0.1, 0.15) is 68.6 Å². The number of amides is 3. The number of aromatic nitrogens is 12. The van der Waals surface area contributed by atoms with Crippen molar-refractivity contribution in [1.82, 2.24) is 68.3 Å². The van der Waals surface area contributed by atoms with Gasteiger partial charge in [-0.2, -0.15) is 0 Å². The topological polar surface area (TPSA) is 294 Å². The molecule has 114 heavy (non-hydrogen) atoms. The molecule has 21 nitrogen and oxygen atoms in total. The summed E-state index contributed by atoms with van der Waals surface area (Å²) in [5.74, 6) is 5.69. The van der Waals surface area contributed by atoms with Crippen LogP contribution in [0, 0.1) is 17.8 Å². The Morgan fingerprint density at radius 3 is 1.06 bits per heavy atom. The van der Waals surface area contributed by atoms with Crippen molar-refractivity contribution in [2.45, 2.75) is 94.8 Å². The van der Waals surface area contributed by atoms with Gasteiger partial charge in [0.05, 0.1) is 44.8 Å². The highest BCUT2D eigenvalue weighted by Crippen LogP contribution is 2.44. The summed E-state index contributed by atoms with van der Waals surface area (Å²) in [5.41, 5.74) is 36.8. The first kappa shape index (κ1) is 72.2. The molecule has 0 spiro atoms. The van der Waals surface area contributed by atoms with Gasteiger partial charge in [-0.1, -0.05) is 158 Å². The molecule has 0 bridgehead atoms. The Kier molecular flexibility index (Phi) is 19.7. The molecule has 566 valence electrons. The van der Waals surface area contributed by atoms with E-state index in [0.29, 0.717) is 47.0 Å². The van der Waals surface area contributed by atoms with Crippen molar-refractivity contribution in [2.24, 2.45) is 17.8 Å². The normalized spacial score (nSPS) is 18.2. The summed E-state index contributed by atoms with van der Waals surface area (Å²) in [5, 5.41) is 15.5. The molecule has 4 aliphatic rings. The number of pyridine rings is 3. The Morgan fingerprint density at radius 1 is 0.395 bits per heavy atom. The fourth-order valence-corrected chi connectivity index (χ4v) is 17.5. The Morgan fingerprint density at radius 2 is 0.719 bits per heavy atom. The molecule has 10 heterocycles. The molecule has 21 heteroatoms. The second-order valence-electron chi connectivity index (χ2n) is 30.5. The van der Waals surface area contributed by atoms with Gasteiger partial charge in [0.2, 0.25) is 5.91 Å². The number of hydrogen-bond acceptors (Lipinski definition) is 16. The number of hydrogen-bond donors (Lipinski definition) is 5. The van der Waals surface area contributed by atoms with E-state index in [1.54, 1.807) is 49.9 Å². The molecular formula is C93H85N17O4. The lowest BCUT2D eigenvalue weighted by molar-refractivity contribution is -0.125. The van der Waals surface area contributed by atoms with Crippen LogP contribution in [0.5, 0.6) is 0 Å². The second-order valence-corrected chi connectivity index (χ2v) is 30.5. The summed E-state index contributed by atoms with van der Waals surface area (Å²) in [6, 6.07) is 68.9. The Balaban J connectivity index is 0.000000120. The molecular weight excluding hydrogens is 1420 g/mol. The Labute approximate surface area is 658 Å². The number of nitrogen functional groups attached to an aromatic ring is 3. The quantitative estimate of drug-likeness (QED) is 0.0670. The second kappa shape index (κ2) is 31.0. The van der Waals surface area contributed by atoms with Crippen molar-refractivity contribution in [2.75, 3.05) is 37.4 Å². The maximum Gasteiger partial charge on any atom is 0.261 e. The third-order valence-electron chi connectivity index (χ3n) is 23.6. The average Bonchev–Trinajstić information content (AvgIpc) is 1.60. The molecule has 3 amide bonds. The van der Waals surface area contributed by atoms with Gasteiger partial charge >= 0.3 is 0 Å². The van der Waals surface area contributed by atoms with Gasteiger partial charge in [0.25, 0.3) is 11.8 Å². The van der Waals surface area contributed by atoms with Crippen molar-refractivity contribution in [3.05, 3.63) is 272 Å². The number of nitrogens with zero attached hydrogens (tertiary/aromatic N) is 13. The summed E-state index contributed by atoms with van der Waals surface area (Å²) in [6.45, 7) is 0.727. The fraction of sp³-hybridized carbons (Fsp3) is 0.226. The Hall–Kier alpha value is -13.4. The van der Waals surface area contributed by atoms with Crippen LogP contribution in [0.15, 0.2) is 243 Å². The molecule has 0 atom stereocenters. The third-order valence-corrected chi connectivity index (χ3v) is 23.6. The van der Waals surface area contributed by atoms with Crippen LogP contribution in [-0.4, -0.2) is 106 Å². The minimum absolute atomic E-state index is 0.0778. The maximum atomic E-state index is 12.9. The molecule has 7 aromatic carbocycles. The van der Waals surface area contributed by atoms with Crippen LogP contribution >= 0.6 is 0 Å². The standard InChI is InChI=1S/C36H30N6O2.C29H28N6O.C28H27N5O/c37-33-32-31(26-15-14-24-16-17-29(39-30(24)20-26)23-6-2-1-3-7-23)40-34(41(32)19-18-38-33)25-12-10-22(11-13-25)21-42-35(43)27-8-4-5-9-28(27)36(42)44;1-31-29(36)21-10-8-20(9-11-21)28-34-25(26-27(30)32-15-16-35(26)28)22-12-7-19-13-14-23(33-24(19)17-22)18-5-3-2-4-6-18;29-27-26-25(32-28(33(26)15-14-30-27)21-8-6-18(17-34)7-9-21)22-11-10-20-12-13-23(31-24(20)16-22)19-4-2-1-3-5-19/h1-9,14-20,22,25H,10-13,21H2,(H2,37,38);2-7,12-17,20-21H,8-11H2,1H3,(H2,30,32)(H,31,36);1-5,10-16,18,21,34H,6-9,17H2,(H2,29,30). The molecule has 20 rings (SSSR count). The summed E-state index contributed by atoms with van der Waals surface area (Å²) >= 11 is 0. The van der Waals surface area contributed by atoms with Gasteiger partial charge in [-0.25, -0.2) is 44.9 Å². The van der Waals surface area contributed by atoms with E-state index in [2.05, 4.69) is 155 Å². The predicted octanol–water partition coefficient (Wildman–Crippen LogP) is 17.4. The van der Waals surface area contributed by atoms with Crippen molar-refractivity contribution in [1.29, 1.82) is 0 Å². The molecule has 3 fully saturated rings. The number of aliphatic hydroxyl groups is 1. The van der Waals surface area contributed by atoms with Gasteiger partial charge in [-0.3, -0.25) is 32.5 Å². The number of carbonyl (C=O) groups is 3. The average molecular weight is 1500 g/mol. The number of carbonyl (C=O) groups excluding carboxylic acids is 3.